The maximum Gasteiger partial charge on any atom is 0.303 e. The van der Waals surface area contributed by atoms with Crippen LogP contribution in [0.1, 0.15) is 73.0 Å². The van der Waals surface area contributed by atoms with Gasteiger partial charge in [0, 0.05) is 57.0 Å². The van der Waals surface area contributed by atoms with Crippen molar-refractivity contribution < 1.29 is 28.9 Å². The van der Waals surface area contributed by atoms with Gasteiger partial charge in [-0.15, -0.1) is 0 Å². The van der Waals surface area contributed by atoms with Gasteiger partial charge in [0.05, 0.1) is 46.7 Å². The van der Waals surface area contributed by atoms with Crippen LogP contribution in [-0.4, -0.2) is 87.4 Å². The number of aliphatic carboxylic acids is 1. The number of fused-ring (bicyclic) bond motifs is 2. The molecule has 5 heterocycles. The first-order valence-electron chi connectivity index (χ1n) is 17.4. The Bertz CT molecular complexity index is 1840. The number of rotatable bonds is 16. The zero-order valence-corrected chi connectivity index (χ0v) is 28.8. The molecule has 2 aliphatic rings. The van der Waals surface area contributed by atoms with E-state index in [4.69, 9.17) is 14.8 Å². The number of nitrogens with one attached hydrogen (secondary N) is 2. The summed E-state index contributed by atoms with van der Waals surface area (Å²) in [6.45, 7) is 3.21. The van der Waals surface area contributed by atoms with E-state index in [2.05, 4.69) is 31.5 Å². The highest BCUT2D eigenvalue weighted by Crippen LogP contribution is 2.36. The van der Waals surface area contributed by atoms with Crippen LogP contribution in [-0.2, 0) is 22.6 Å². The van der Waals surface area contributed by atoms with Gasteiger partial charge < -0.3 is 35.4 Å². The van der Waals surface area contributed by atoms with Crippen molar-refractivity contribution >= 4 is 34.7 Å². The van der Waals surface area contributed by atoms with E-state index < -0.39 is 11.6 Å². The molecule has 12 nitrogen and oxygen atoms in total. The van der Waals surface area contributed by atoms with Gasteiger partial charge in [-0.3, -0.25) is 14.0 Å². The Hall–Kier alpha value is -4.59. The molecule has 0 saturated carbocycles. The van der Waals surface area contributed by atoms with Crippen LogP contribution in [0.3, 0.4) is 0 Å². The smallest absolute Gasteiger partial charge is 0.303 e. The molecule has 2 aliphatic heterocycles. The van der Waals surface area contributed by atoms with E-state index >= 15 is 0 Å². The van der Waals surface area contributed by atoms with Crippen LogP contribution in [0.15, 0.2) is 48.8 Å². The first-order chi connectivity index (χ1) is 24.1. The lowest BCUT2D eigenvalue weighted by Crippen LogP contribution is -2.47. The van der Waals surface area contributed by atoms with Crippen molar-refractivity contribution in [2.45, 2.75) is 70.1 Å². The van der Waals surface area contributed by atoms with E-state index in [1.807, 2.05) is 36.7 Å². The van der Waals surface area contributed by atoms with E-state index in [-0.39, 0.29) is 18.1 Å². The Kier molecular flexibility index (Phi) is 10.9. The van der Waals surface area contributed by atoms with Gasteiger partial charge in [0.15, 0.2) is 0 Å². The molecule has 0 aliphatic carbocycles. The lowest BCUT2D eigenvalue weighted by atomic mass is 9.92. The highest BCUT2D eigenvalue weighted by Gasteiger charge is 2.34. The number of amides is 1. The van der Waals surface area contributed by atoms with Crippen molar-refractivity contribution in [1.82, 2.24) is 24.6 Å². The number of aromatic nitrogens is 3. The van der Waals surface area contributed by atoms with Crippen molar-refractivity contribution in [3.8, 4) is 11.3 Å². The van der Waals surface area contributed by atoms with Crippen LogP contribution in [0.25, 0.3) is 16.9 Å². The number of hydrogen-bond acceptors (Lipinski definition) is 9. The molecule has 4 aromatic rings. The fourth-order valence-electron chi connectivity index (χ4n) is 6.83. The second kappa shape index (κ2) is 15.5. The number of aliphatic hydroxyl groups is 1. The number of hydrogen-bond donors (Lipinski definition) is 4. The van der Waals surface area contributed by atoms with Crippen molar-refractivity contribution in [1.29, 1.82) is 0 Å². The van der Waals surface area contributed by atoms with Crippen molar-refractivity contribution in [2.24, 2.45) is 0 Å². The molecule has 4 N–H and O–H groups in total. The normalized spacial score (nSPS) is 15.5. The molecule has 0 radical (unpaired) electrons. The van der Waals surface area contributed by atoms with Gasteiger partial charge in [-0.1, -0.05) is 25.3 Å². The quantitative estimate of drug-likeness (QED) is 0.114. The highest BCUT2D eigenvalue weighted by molar-refractivity contribution is 6.06. The third-order valence-corrected chi connectivity index (χ3v) is 9.48. The van der Waals surface area contributed by atoms with E-state index in [1.54, 1.807) is 12.4 Å². The summed E-state index contributed by atoms with van der Waals surface area (Å²) in [6, 6.07) is 10.6. The average Bonchev–Trinajstić information content (AvgIpc) is 3.68. The van der Waals surface area contributed by atoms with Gasteiger partial charge in [0.2, 0.25) is 0 Å². The van der Waals surface area contributed by atoms with E-state index in [0.29, 0.717) is 81.4 Å². The Morgan fingerprint density at radius 3 is 2.66 bits per heavy atom. The Morgan fingerprint density at radius 1 is 1.10 bits per heavy atom. The van der Waals surface area contributed by atoms with Crippen LogP contribution in [0.5, 0.6) is 0 Å². The fraction of sp³-hybridized carbons (Fsp3) is 0.459. The number of piperidine rings is 1. The molecule has 50 heavy (non-hydrogen) atoms. The number of ether oxygens (including phenoxy) is 1. The van der Waals surface area contributed by atoms with Crippen LogP contribution < -0.4 is 15.5 Å². The number of carboxylic acid groups (broad SMARTS) is 1. The first-order valence-corrected chi connectivity index (χ1v) is 17.4. The van der Waals surface area contributed by atoms with Gasteiger partial charge in [-0.25, -0.2) is 14.4 Å². The van der Waals surface area contributed by atoms with Crippen LogP contribution in [0.4, 0.5) is 21.6 Å². The molecule has 266 valence electrons. The number of unbranched alkanes of at least 4 members (excludes halogenated alkanes) is 4. The number of anilines is 3. The molecule has 0 unspecified atom stereocenters. The van der Waals surface area contributed by atoms with Crippen LogP contribution in [0.2, 0.25) is 0 Å². The summed E-state index contributed by atoms with van der Waals surface area (Å²) in [5, 5.41) is 26.3. The number of carbonyl (C=O) groups excluding carboxylic acids is 1. The number of benzene rings is 1. The third kappa shape index (κ3) is 8.23. The molecule has 0 spiro atoms. The van der Waals surface area contributed by atoms with Gasteiger partial charge in [0.25, 0.3) is 5.91 Å². The molecule has 3 aromatic heterocycles. The summed E-state index contributed by atoms with van der Waals surface area (Å²) >= 11 is 0. The zero-order chi connectivity index (χ0) is 35.3. The minimum Gasteiger partial charge on any atom is -0.481 e. The lowest BCUT2D eigenvalue weighted by Gasteiger charge is -2.39. The topological polar surface area (TPSA) is 145 Å². The second-order valence-electron chi connectivity index (χ2n) is 13.6. The maximum atomic E-state index is 13.8. The summed E-state index contributed by atoms with van der Waals surface area (Å²) in [7, 11) is 4.00. The van der Waals surface area contributed by atoms with Gasteiger partial charge in [-0.05, 0) is 69.6 Å². The molecule has 1 fully saturated rings. The SMILES string of the molecule is CN(C)Cc1nc(Nc2ccc(-c3cnc4cc(F)ccn34)c3c2C(=O)NC3)ccc1N1CCC(O)(COCCCCCCCC(=O)O)CC1. The first kappa shape index (κ1) is 35.2. The van der Waals surface area contributed by atoms with E-state index in [9.17, 15) is 19.1 Å². The molecule has 1 saturated heterocycles. The molecule has 6 rings (SSSR count). The van der Waals surface area contributed by atoms with Gasteiger partial charge in [-0.2, -0.15) is 0 Å². The molecular formula is C37H46FN7O5. The Balaban J connectivity index is 1.10. The summed E-state index contributed by atoms with van der Waals surface area (Å²) in [5.41, 5.74) is 5.18. The van der Waals surface area contributed by atoms with Crippen molar-refractivity contribution in [3.05, 3.63) is 71.4 Å². The lowest BCUT2D eigenvalue weighted by molar-refractivity contribution is -0.137. The Labute approximate surface area is 291 Å². The minimum atomic E-state index is -0.874. The number of carbonyl (C=O) groups is 2. The average molecular weight is 688 g/mol. The Morgan fingerprint density at radius 2 is 1.88 bits per heavy atom. The number of pyridine rings is 2. The number of imidazole rings is 1. The molecule has 13 heteroatoms. The molecule has 0 atom stereocenters. The zero-order valence-electron chi connectivity index (χ0n) is 28.8. The fourth-order valence-corrected chi connectivity index (χ4v) is 6.83. The summed E-state index contributed by atoms with van der Waals surface area (Å²) in [4.78, 5) is 37.4. The predicted octanol–water partition coefficient (Wildman–Crippen LogP) is 5.36. The van der Waals surface area contributed by atoms with Gasteiger partial charge >= 0.3 is 5.97 Å². The monoisotopic (exact) mass is 687 g/mol. The van der Waals surface area contributed by atoms with E-state index in [0.717, 1.165) is 53.9 Å². The summed E-state index contributed by atoms with van der Waals surface area (Å²) in [6.07, 6.45) is 9.23. The third-order valence-electron chi connectivity index (χ3n) is 9.48. The van der Waals surface area contributed by atoms with Crippen LogP contribution in [0, 0.1) is 5.82 Å². The highest BCUT2D eigenvalue weighted by atomic mass is 19.1. The number of carboxylic acids is 1. The maximum absolute atomic E-state index is 13.8. The minimum absolute atomic E-state index is 0.174. The van der Waals surface area contributed by atoms with Crippen molar-refractivity contribution in [3.63, 3.8) is 0 Å². The molecular weight excluding hydrogens is 641 g/mol. The molecule has 1 aromatic carbocycles. The number of halogens is 1. The largest absolute Gasteiger partial charge is 0.481 e. The predicted molar refractivity (Wildman–Crippen MR) is 189 cm³/mol. The van der Waals surface area contributed by atoms with Gasteiger partial charge in [0.1, 0.15) is 17.3 Å². The van der Waals surface area contributed by atoms with Crippen molar-refractivity contribution in [2.75, 3.05) is 50.6 Å². The summed E-state index contributed by atoms with van der Waals surface area (Å²) < 4.78 is 21.5. The molecule has 0 bridgehead atoms. The van der Waals surface area contributed by atoms with Crippen LogP contribution >= 0.6 is 0 Å². The second-order valence-corrected chi connectivity index (χ2v) is 13.6. The standard InChI is InChI=1S/C37H46FN7O5/c1-43(2)23-29-30(44-17-14-37(49,15-18-44)24-50-19-7-5-3-4-6-8-34(46)47)11-12-32(42-29)41-28-10-9-26(27-21-40-36(48)35(27)28)31-22-39-33-20-25(38)13-16-45(31)33/h9-13,16,20,22,49H,3-8,14-15,17-19,21,23-24H2,1-2H3,(H,40,48)(H,41,42)(H,46,47). The number of nitrogens with zero attached hydrogens (tertiary/aromatic N) is 5. The van der Waals surface area contributed by atoms with E-state index in [1.165, 1.54) is 12.1 Å². The molecule has 1 amide bonds. The summed E-state index contributed by atoms with van der Waals surface area (Å²) in [5.74, 6) is -0.657.